The van der Waals surface area contributed by atoms with Crippen molar-refractivity contribution in [1.82, 2.24) is 4.90 Å². The summed E-state index contributed by atoms with van der Waals surface area (Å²) < 4.78 is 23.9. The van der Waals surface area contributed by atoms with E-state index < -0.39 is 17.8 Å². The van der Waals surface area contributed by atoms with Crippen LogP contribution in [0.3, 0.4) is 0 Å². The van der Waals surface area contributed by atoms with Crippen LogP contribution >= 0.6 is 0 Å². The molecule has 2 aliphatic rings. The summed E-state index contributed by atoms with van der Waals surface area (Å²) in [5.74, 6) is -0.0874. The van der Waals surface area contributed by atoms with Gasteiger partial charge >= 0.3 is 0 Å². The third kappa shape index (κ3) is 3.53. The standard InChI is InChI=1S/C17H22FNO5/c18-12-1-3-13(4-2-12)23-11-15(21)19-8-6-17(7-9-19)16(22)14(20)5-10-24-17/h1-4,14,16,20,22H,5-11H2/t14-,16-/m0/s1. The predicted octanol–water partition coefficient (Wildman–Crippen LogP) is 0.708. The van der Waals surface area contributed by atoms with Gasteiger partial charge in [-0.25, -0.2) is 4.39 Å². The number of carbonyl (C=O) groups is 1. The van der Waals surface area contributed by atoms with Crippen LogP contribution in [0.4, 0.5) is 4.39 Å². The Hall–Kier alpha value is -1.70. The van der Waals surface area contributed by atoms with Gasteiger partial charge < -0.3 is 24.6 Å². The van der Waals surface area contributed by atoms with Crippen LogP contribution in [0.15, 0.2) is 24.3 Å². The zero-order valence-corrected chi connectivity index (χ0v) is 13.4. The molecule has 6 nitrogen and oxygen atoms in total. The highest BCUT2D eigenvalue weighted by Gasteiger charge is 2.48. The van der Waals surface area contributed by atoms with Crippen molar-refractivity contribution in [3.8, 4) is 5.75 Å². The second-order valence-corrected chi connectivity index (χ2v) is 6.34. The van der Waals surface area contributed by atoms with Gasteiger partial charge in [0.2, 0.25) is 0 Å². The number of aliphatic hydroxyl groups is 2. The first kappa shape index (κ1) is 17.1. The molecule has 1 aromatic carbocycles. The van der Waals surface area contributed by atoms with Gasteiger partial charge in [-0.3, -0.25) is 4.79 Å². The molecule has 0 bridgehead atoms. The average Bonchev–Trinajstić information content (AvgIpc) is 2.59. The molecule has 1 spiro atoms. The summed E-state index contributed by atoms with van der Waals surface area (Å²) in [6, 6.07) is 5.50. The number of hydrogen-bond acceptors (Lipinski definition) is 5. The normalized spacial score (nSPS) is 26.4. The van der Waals surface area contributed by atoms with Gasteiger partial charge in [0.1, 0.15) is 17.7 Å². The number of carbonyl (C=O) groups excluding carboxylic acids is 1. The summed E-state index contributed by atoms with van der Waals surface area (Å²) in [6.07, 6.45) is -0.306. The minimum atomic E-state index is -0.918. The maximum Gasteiger partial charge on any atom is 0.260 e. The Kier molecular flexibility index (Phi) is 5.03. The molecule has 2 N–H and O–H groups in total. The number of likely N-dealkylation sites (tertiary alicyclic amines) is 1. The Balaban J connectivity index is 1.50. The number of rotatable bonds is 3. The molecule has 2 atom stereocenters. The Morgan fingerprint density at radius 2 is 1.96 bits per heavy atom. The van der Waals surface area contributed by atoms with E-state index in [4.69, 9.17) is 9.47 Å². The molecule has 2 aliphatic heterocycles. The largest absolute Gasteiger partial charge is 0.484 e. The Morgan fingerprint density at radius 1 is 1.29 bits per heavy atom. The van der Waals surface area contributed by atoms with Crippen LogP contribution in [-0.2, 0) is 9.53 Å². The third-order valence-corrected chi connectivity index (χ3v) is 4.85. The fraction of sp³-hybridized carbons (Fsp3) is 0.588. The fourth-order valence-electron chi connectivity index (χ4n) is 3.32. The summed E-state index contributed by atoms with van der Waals surface area (Å²) >= 11 is 0. The van der Waals surface area contributed by atoms with Gasteiger partial charge in [0.15, 0.2) is 6.61 Å². The van der Waals surface area contributed by atoms with Crippen molar-refractivity contribution in [2.24, 2.45) is 0 Å². The lowest BCUT2D eigenvalue weighted by atomic mass is 9.80. The molecule has 0 unspecified atom stereocenters. The smallest absolute Gasteiger partial charge is 0.260 e. The zero-order chi connectivity index (χ0) is 17.2. The van der Waals surface area contributed by atoms with E-state index in [1.54, 1.807) is 4.90 Å². The first-order valence-electron chi connectivity index (χ1n) is 8.16. The van der Waals surface area contributed by atoms with Crippen LogP contribution in [-0.4, -0.2) is 65.1 Å². The summed E-state index contributed by atoms with van der Waals surface area (Å²) in [7, 11) is 0. The third-order valence-electron chi connectivity index (χ3n) is 4.85. The molecule has 0 saturated carbocycles. The van der Waals surface area contributed by atoms with Gasteiger partial charge in [-0.15, -0.1) is 0 Å². The molecule has 2 saturated heterocycles. The average molecular weight is 339 g/mol. The maximum absolute atomic E-state index is 12.8. The van der Waals surface area contributed by atoms with Gasteiger partial charge in [0.25, 0.3) is 5.91 Å². The highest BCUT2D eigenvalue weighted by molar-refractivity contribution is 5.77. The topological polar surface area (TPSA) is 79.2 Å². The van der Waals surface area contributed by atoms with E-state index in [-0.39, 0.29) is 18.3 Å². The van der Waals surface area contributed by atoms with E-state index >= 15 is 0 Å². The van der Waals surface area contributed by atoms with Gasteiger partial charge in [0.05, 0.1) is 18.3 Å². The van der Waals surface area contributed by atoms with E-state index in [2.05, 4.69) is 0 Å². The molecule has 0 aromatic heterocycles. The maximum atomic E-state index is 12.8. The van der Waals surface area contributed by atoms with Gasteiger partial charge in [-0.2, -0.15) is 0 Å². The summed E-state index contributed by atoms with van der Waals surface area (Å²) in [5.41, 5.74) is -0.758. The van der Waals surface area contributed by atoms with Crippen LogP contribution in [0.1, 0.15) is 19.3 Å². The molecule has 2 fully saturated rings. The van der Waals surface area contributed by atoms with E-state index in [0.29, 0.717) is 44.7 Å². The van der Waals surface area contributed by atoms with E-state index in [9.17, 15) is 19.4 Å². The van der Waals surface area contributed by atoms with Crippen LogP contribution < -0.4 is 4.74 Å². The molecule has 7 heteroatoms. The minimum Gasteiger partial charge on any atom is -0.484 e. The van der Waals surface area contributed by atoms with Crippen LogP contribution in [0.25, 0.3) is 0 Å². The Morgan fingerprint density at radius 3 is 2.62 bits per heavy atom. The van der Waals surface area contributed by atoms with E-state index in [1.807, 2.05) is 0 Å². The highest BCUT2D eigenvalue weighted by atomic mass is 19.1. The van der Waals surface area contributed by atoms with Crippen molar-refractivity contribution in [2.45, 2.75) is 37.1 Å². The number of ether oxygens (including phenoxy) is 2. The lowest BCUT2D eigenvalue weighted by molar-refractivity contribution is -0.214. The minimum absolute atomic E-state index is 0.120. The van der Waals surface area contributed by atoms with Crippen molar-refractivity contribution in [3.63, 3.8) is 0 Å². The highest BCUT2D eigenvalue weighted by Crippen LogP contribution is 2.35. The van der Waals surface area contributed by atoms with Crippen molar-refractivity contribution in [2.75, 3.05) is 26.3 Å². The fourth-order valence-corrected chi connectivity index (χ4v) is 3.32. The summed E-state index contributed by atoms with van der Waals surface area (Å²) in [5, 5.41) is 20.1. The van der Waals surface area contributed by atoms with E-state index in [0.717, 1.165) is 0 Å². The zero-order valence-electron chi connectivity index (χ0n) is 13.4. The molecule has 24 heavy (non-hydrogen) atoms. The van der Waals surface area contributed by atoms with Gasteiger partial charge in [-0.1, -0.05) is 0 Å². The first-order chi connectivity index (χ1) is 11.5. The van der Waals surface area contributed by atoms with Crippen LogP contribution in [0, 0.1) is 5.82 Å². The molecule has 1 amide bonds. The van der Waals surface area contributed by atoms with Crippen molar-refractivity contribution >= 4 is 5.91 Å². The number of benzene rings is 1. The number of hydrogen-bond donors (Lipinski definition) is 2. The molecular weight excluding hydrogens is 317 g/mol. The Bertz CT molecular complexity index is 571. The molecule has 0 aliphatic carbocycles. The second-order valence-electron chi connectivity index (χ2n) is 6.34. The van der Waals surface area contributed by atoms with Crippen LogP contribution in [0.2, 0.25) is 0 Å². The van der Waals surface area contributed by atoms with Crippen molar-refractivity contribution in [3.05, 3.63) is 30.1 Å². The molecule has 132 valence electrons. The first-order valence-corrected chi connectivity index (χ1v) is 8.16. The SMILES string of the molecule is O=C(COc1ccc(F)cc1)N1CCC2(CC1)OCC[C@H](O)[C@@H]2O. The molecule has 2 heterocycles. The van der Waals surface area contributed by atoms with Crippen LogP contribution in [0.5, 0.6) is 5.75 Å². The number of aliphatic hydroxyl groups excluding tert-OH is 2. The molecule has 3 rings (SSSR count). The van der Waals surface area contributed by atoms with Crippen molar-refractivity contribution < 1.29 is 28.9 Å². The molecule has 0 radical (unpaired) electrons. The number of nitrogens with zero attached hydrogens (tertiary/aromatic N) is 1. The van der Waals surface area contributed by atoms with E-state index in [1.165, 1.54) is 24.3 Å². The van der Waals surface area contributed by atoms with Gasteiger partial charge in [-0.05, 0) is 43.5 Å². The van der Waals surface area contributed by atoms with Gasteiger partial charge in [0, 0.05) is 13.1 Å². The predicted molar refractivity (Wildman–Crippen MR) is 83.0 cm³/mol. The molecular formula is C17H22FNO5. The second kappa shape index (κ2) is 7.04. The quantitative estimate of drug-likeness (QED) is 0.848. The summed E-state index contributed by atoms with van der Waals surface area (Å²) in [4.78, 5) is 13.9. The number of piperidine rings is 1. The Labute approximate surface area is 139 Å². The lowest BCUT2D eigenvalue weighted by Crippen LogP contribution is -2.60. The van der Waals surface area contributed by atoms with Crippen molar-refractivity contribution in [1.29, 1.82) is 0 Å². The number of amides is 1. The number of halogens is 1. The molecule has 1 aromatic rings. The monoisotopic (exact) mass is 339 g/mol. The summed E-state index contributed by atoms with van der Waals surface area (Å²) in [6.45, 7) is 1.18. The lowest BCUT2D eigenvalue weighted by Gasteiger charge is -2.48.